The fourth-order valence-electron chi connectivity index (χ4n) is 1.69. The number of hydrogen-bond donors (Lipinski definition) is 2. The van der Waals surface area contributed by atoms with Crippen molar-refractivity contribution in [3.05, 3.63) is 0 Å². The fraction of sp³-hybridized carbons (Fsp3) is 1.00. The van der Waals surface area contributed by atoms with E-state index in [2.05, 4.69) is 0 Å². The zero-order chi connectivity index (χ0) is 13.6. The van der Waals surface area contributed by atoms with Crippen molar-refractivity contribution in [2.45, 2.75) is 58.5 Å². The van der Waals surface area contributed by atoms with Crippen LogP contribution in [0.25, 0.3) is 0 Å². The van der Waals surface area contributed by atoms with Crippen molar-refractivity contribution in [1.82, 2.24) is 0 Å². The Bertz CT molecular complexity index is 293. The molecule has 5 heteroatoms. The summed E-state index contributed by atoms with van der Waals surface area (Å²) in [7, 11) is -2.87. The Kier molecular flexibility index (Phi) is 4.09. The average molecular weight is 266 g/mol. The van der Waals surface area contributed by atoms with Gasteiger partial charge in [-0.1, -0.05) is 34.6 Å². The summed E-state index contributed by atoms with van der Waals surface area (Å²) in [5.74, 6) is 0. The lowest BCUT2D eigenvalue weighted by Crippen LogP contribution is -2.67. The number of hydrogen-bond acceptors (Lipinski definition) is 2. The molecular weight excluding hydrogens is 242 g/mol. The van der Waals surface area contributed by atoms with Crippen LogP contribution in [0.4, 0.5) is 0 Å². The zero-order valence-corrected chi connectivity index (χ0v) is 13.1. The van der Waals surface area contributed by atoms with Crippen molar-refractivity contribution in [3.63, 3.8) is 0 Å². The molecule has 0 saturated carbocycles. The Morgan fingerprint density at radius 1 is 1.06 bits per heavy atom. The molecule has 0 aromatic heterocycles. The number of halogens is 1. The molecule has 0 bridgehead atoms. The molecule has 0 aliphatic carbocycles. The Morgan fingerprint density at radius 2 is 1.38 bits per heavy atom. The molecule has 3 nitrogen and oxygen atoms in total. The third-order valence-electron chi connectivity index (χ3n) is 4.32. The highest BCUT2D eigenvalue weighted by atomic mass is 35.5. The quantitative estimate of drug-likeness (QED) is 0.608. The summed E-state index contributed by atoms with van der Waals surface area (Å²) in [6, 6.07) is 0. The lowest BCUT2D eigenvalue weighted by Gasteiger charge is -2.53. The normalized spacial score (nSPS) is 21.1. The maximum Gasteiger partial charge on any atom is 0.521 e. The topological polar surface area (TPSA) is 63.3 Å². The lowest BCUT2D eigenvalue weighted by molar-refractivity contribution is 0.0822. The van der Waals surface area contributed by atoms with Crippen molar-refractivity contribution in [2.24, 2.45) is 16.6 Å². The zero-order valence-electron chi connectivity index (χ0n) is 11.3. The number of rotatable bonds is 3. The van der Waals surface area contributed by atoms with Crippen molar-refractivity contribution in [1.29, 1.82) is 0 Å². The maximum absolute atomic E-state index is 11.4. The third kappa shape index (κ3) is 2.20. The van der Waals surface area contributed by atoms with Gasteiger partial charge in [-0.25, -0.2) is 0 Å². The van der Waals surface area contributed by atoms with Crippen LogP contribution in [0, 0.1) is 10.8 Å². The minimum Gasteiger partial charge on any atom is -0.539 e. The summed E-state index contributed by atoms with van der Waals surface area (Å²) in [6.07, 6.45) is 0. The lowest BCUT2D eigenvalue weighted by atomic mass is 9.63. The summed E-state index contributed by atoms with van der Waals surface area (Å²) >= 11 is 6.62. The molecule has 0 radical (unpaired) electrons. The molecule has 96 valence electrons. The molecule has 0 rings (SSSR count). The van der Waals surface area contributed by atoms with Gasteiger partial charge in [-0.05, 0) is 19.3 Å². The maximum atomic E-state index is 11.4. The Balaban J connectivity index is 5.62. The first kappa shape index (κ1) is 16.1. The molecule has 0 amide bonds. The van der Waals surface area contributed by atoms with Crippen molar-refractivity contribution < 1.29 is 9.26 Å². The van der Waals surface area contributed by atoms with Crippen LogP contribution in [0.5, 0.6) is 0 Å². The summed E-state index contributed by atoms with van der Waals surface area (Å²) in [4.78, 5) is 8.72. The van der Waals surface area contributed by atoms with Crippen LogP contribution in [-0.4, -0.2) is 23.8 Å². The van der Waals surface area contributed by atoms with Gasteiger partial charge in [0, 0.05) is 5.41 Å². The molecule has 0 aromatic rings. The summed E-state index contributed by atoms with van der Waals surface area (Å²) in [5.41, 5.74) is 5.12. The van der Waals surface area contributed by atoms with Crippen LogP contribution in [0.1, 0.15) is 48.5 Å². The Labute approximate surface area is 105 Å². The largest absolute Gasteiger partial charge is 0.539 e. The van der Waals surface area contributed by atoms with Gasteiger partial charge in [0.2, 0.25) is 0 Å². The molecule has 3 N–H and O–H groups in total. The average Bonchev–Trinajstić information content (AvgIpc) is 2.00. The molecule has 2 unspecified atom stereocenters. The van der Waals surface area contributed by atoms with Crippen molar-refractivity contribution in [2.75, 3.05) is 0 Å². The molecule has 0 heterocycles. The van der Waals surface area contributed by atoms with Gasteiger partial charge in [-0.3, -0.25) is 0 Å². The molecule has 0 fully saturated rings. The smallest absolute Gasteiger partial charge is 0.521 e. The predicted molar refractivity (Wildman–Crippen MR) is 68.7 cm³/mol. The highest BCUT2D eigenvalue weighted by Gasteiger charge is 2.59. The third-order valence-corrected chi connectivity index (χ3v) is 6.88. The van der Waals surface area contributed by atoms with Crippen LogP contribution >= 0.6 is 11.6 Å². The van der Waals surface area contributed by atoms with Crippen molar-refractivity contribution in [3.8, 4) is 0 Å². The first-order chi connectivity index (χ1) is 6.69. The van der Waals surface area contributed by atoms with Gasteiger partial charge < -0.3 is 15.0 Å². The molecule has 16 heavy (non-hydrogen) atoms. The minimum atomic E-state index is -2.87. The van der Waals surface area contributed by atoms with E-state index in [1.165, 1.54) is 0 Å². The summed E-state index contributed by atoms with van der Waals surface area (Å²) in [5, 5.41) is -1.19. The van der Waals surface area contributed by atoms with Gasteiger partial charge >= 0.3 is 8.93 Å². The molecule has 0 saturated heterocycles. The van der Waals surface area contributed by atoms with Crippen LogP contribution in [0.2, 0.25) is 0 Å². The van der Waals surface area contributed by atoms with E-state index in [1.807, 2.05) is 41.5 Å². The second-order valence-corrected chi connectivity index (χ2v) is 8.79. The number of alkyl halides is 1. The SMILES string of the molecule is CC(C)(C)C(C)(Cl)C(C)(C)C(C)(N)[Si](=O)O. The van der Waals surface area contributed by atoms with E-state index in [-0.39, 0.29) is 5.41 Å². The van der Waals surface area contributed by atoms with Crippen molar-refractivity contribution >= 4 is 20.5 Å². The van der Waals surface area contributed by atoms with Crippen LogP contribution in [0.3, 0.4) is 0 Å². The fourth-order valence-corrected chi connectivity index (χ4v) is 2.75. The van der Waals surface area contributed by atoms with Crippen LogP contribution in [0.15, 0.2) is 0 Å². The number of nitrogens with two attached hydrogens (primary N) is 1. The highest BCUT2D eigenvalue weighted by molar-refractivity contribution is 6.39. The minimum absolute atomic E-state index is 0.226. The Morgan fingerprint density at radius 3 is 1.56 bits per heavy atom. The molecule has 0 aromatic carbocycles. The van der Waals surface area contributed by atoms with Gasteiger partial charge in [0.25, 0.3) is 0 Å². The molecule has 0 aliphatic rings. The predicted octanol–water partition coefficient (Wildman–Crippen LogP) is 2.22. The summed E-state index contributed by atoms with van der Waals surface area (Å²) < 4.78 is 11.4. The van der Waals surface area contributed by atoms with E-state index in [1.54, 1.807) is 6.92 Å². The second kappa shape index (κ2) is 4.07. The van der Waals surface area contributed by atoms with Gasteiger partial charge in [0.1, 0.15) is 5.16 Å². The Hall–Kier alpha value is 0.0669. The van der Waals surface area contributed by atoms with Crippen LogP contribution in [-0.2, 0) is 4.46 Å². The molecule has 2 atom stereocenters. The van der Waals surface area contributed by atoms with E-state index in [0.717, 1.165) is 0 Å². The first-order valence-corrected chi connectivity index (χ1v) is 7.14. The molecule has 0 aliphatic heterocycles. The standard InChI is InChI=1S/C11H24ClNO2Si/c1-8(2,3)10(6,12)9(4,5)11(7,13)16(14)15/h14H,13H2,1-7H3. The van der Waals surface area contributed by atoms with E-state index < -0.39 is 24.4 Å². The van der Waals surface area contributed by atoms with Gasteiger partial charge in [0.15, 0.2) is 0 Å². The highest BCUT2D eigenvalue weighted by Crippen LogP contribution is 2.53. The van der Waals surface area contributed by atoms with Gasteiger partial charge in [-0.15, -0.1) is 11.6 Å². The first-order valence-electron chi connectivity index (χ1n) is 5.41. The van der Waals surface area contributed by atoms with Crippen LogP contribution < -0.4 is 5.73 Å². The van der Waals surface area contributed by atoms with E-state index >= 15 is 0 Å². The summed E-state index contributed by atoms with van der Waals surface area (Å²) in [6.45, 7) is 13.2. The second-order valence-electron chi connectivity index (χ2n) is 6.39. The molecule has 0 spiro atoms. The van der Waals surface area contributed by atoms with Gasteiger partial charge in [0.05, 0.1) is 4.87 Å². The molecular formula is C11H24ClNO2Si. The van der Waals surface area contributed by atoms with E-state index in [0.29, 0.717) is 0 Å². The van der Waals surface area contributed by atoms with E-state index in [4.69, 9.17) is 17.3 Å². The van der Waals surface area contributed by atoms with E-state index in [9.17, 15) is 9.26 Å². The van der Waals surface area contributed by atoms with Gasteiger partial charge in [-0.2, -0.15) is 0 Å². The monoisotopic (exact) mass is 265 g/mol.